The van der Waals surface area contributed by atoms with Crippen LogP contribution in [0.1, 0.15) is 6.92 Å². The van der Waals surface area contributed by atoms with Gasteiger partial charge in [-0.05, 0) is 6.92 Å². The monoisotopic (exact) mass is 158 g/mol. The first-order valence-electron chi connectivity index (χ1n) is 3.86. The lowest BCUT2D eigenvalue weighted by Crippen LogP contribution is -2.51. The molecule has 4 heteroatoms. The molecule has 0 radical (unpaired) electrons. The van der Waals surface area contributed by atoms with Gasteiger partial charge in [0.2, 0.25) is 0 Å². The smallest absolute Gasteiger partial charge is 0.317 e. The zero-order valence-electron chi connectivity index (χ0n) is 6.71. The van der Waals surface area contributed by atoms with E-state index in [4.69, 9.17) is 5.11 Å². The van der Waals surface area contributed by atoms with Crippen molar-refractivity contribution in [3.8, 4) is 0 Å². The molecule has 0 saturated carbocycles. The standard InChI is InChI=1S/C7H14N2O2/c1-6-4-8-2-3-9(6)5-7(10)11/h6,8H,2-5H2,1H3,(H,10,11). The highest BCUT2D eigenvalue weighted by Gasteiger charge is 2.19. The molecule has 1 heterocycles. The van der Waals surface area contributed by atoms with Crippen molar-refractivity contribution in [2.24, 2.45) is 0 Å². The first-order chi connectivity index (χ1) is 5.20. The van der Waals surface area contributed by atoms with E-state index in [0.717, 1.165) is 19.6 Å². The highest BCUT2D eigenvalue weighted by molar-refractivity contribution is 5.69. The lowest BCUT2D eigenvalue weighted by Gasteiger charge is -2.32. The van der Waals surface area contributed by atoms with Crippen LogP contribution in [0.15, 0.2) is 0 Å². The van der Waals surface area contributed by atoms with E-state index in [2.05, 4.69) is 5.32 Å². The van der Waals surface area contributed by atoms with Crippen molar-refractivity contribution < 1.29 is 9.90 Å². The van der Waals surface area contributed by atoms with Crippen LogP contribution < -0.4 is 5.32 Å². The normalized spacial score (nSPS) is 26.8. The molecule has 1 aliphatic rings. The highest BCUT2D eigenvalue weighted by atomic mass is 16.4. The second-order valence-electron chi connectivity index (χ2n) is 2.92. The van der Waals surface area contributed by atoms with E-state index in [0.29, 0.717) is 6.04 Å². The quantitative estimate of drug-likeness (QED) is 0.561. The van der Waals surface area contributed by atoms with Gasteiger partial charge in [0.1, 0.15) is 0 Å². The maximum Gasteiger partial charge on any atom is 0.317 e. The van der Waals surface area contributed by atoms with Crippen molar-refractivity contribution in [2.45, 2.75) is 13.0 Å². The first-order valence-corrected chi connectivity index (χ1v) is 3.86. The summed E-state index contributed by atoms with van der Waals surface area (Å²) in [4.78, 5) is 12.3. The third-order valence-electron chi connectivity index (χ3n) is 1.98. The second-order valence-corrected chi connectivity index (χ2v) is 2.92. The van der Waals surface area contributed by atoms with Gasteiger partial charge in [-0.3, -0.25) is 9.69 Å². The summed E-state index contributed by atoms with van der Waals surface area (Å²) in [6.07, 6.45) is 0. The predicted octanol–water partition coefficient (Wildman–Crippen LogP) is -0.635. The summed E-state index contributed by atoms with van der Waals surface area (Å²) in [7, 11) is 0. The van der Waals surface area contributed by atoms with Crippen LogP contribution in [0.2, 0.25) is 0 Å². The summed E-state index contributed by atoms with van der Waals surface area (Å²) in [5.41, 5.74) is 0. The Morgan fingerprint density at radius 1 is 1.82 bits per heavy atom. The van der Waals surface area contributed by atoms with Crippen LogP contribution in [-0.2, 0) is 4.79 Å². The van der Waals surface area contributed by atoms with E-state index < -0.39 is 5.97 Å². The average Bonchev–Trinajstić information content (AvgIpc) is 1.93. The number of carbonyl (C=O) groups is 1. The Bertz CT molecular complexity index is 149. The molecule has 0 aromatic carbocycles. The Morgan fingerprint density at radius 3 is 3.09 bits per heavy atom. The average molecular weight is 158 g/mol. The minimum atomic E-state index is -0.737. The molecular weight excluding hydrogens is 144 g/mol. The number of nitrogens with zero attached hydrogens (tertiary/aromatic N) is 1. The van der Waals surface area contributed by atoms with Crippen molar-refractivity contribution in [1.29, 1.82) is 0 Å². The number of aliphatic carboxylic acids is 1. The summed E-state index contributed by atoms with van der Waals surface area (Å²) < 4.78 is 0. The summed E-state index contributed by atoms with van der Waals surface area (Å²) in [5.74, 6) is -0.737. The van der Waals surface area contributed by atoms with Crippen molar-refractivity contribution >= 4 is 5.97 Å². The number of piperazine rings is 1. The molecular formula is C7H14N2O2. The number of rotatable bonds is 2. The molecule has 1 fully saturated rings. The Hall–Kier alpha value is -0.610. The van der Waals surface area contributed by atoms with Crippen LogP contribution >= 0.6 is 0 Å². The van der Waals surface area contributed by atoms with Gasteiger partial charge in [0, 0.05) is 25.7 Å². The Kier molecular flexibility index (Phi) is 2.84. The van der Waals surface area contributed by atoms with Crippen molar-refractivity contribution in [2.75, 3.05) is 26.2 Å². The third kappa shape index (κ3) is 2.48. The highest BCUT2D eigenvalue weighted by Crippen LogP contribution is 2.00. The van der Waals surface area contributed by atoms with Gasteiger partial charge >= 0.3 is 5.97 Å². The van der Waals surface area contributed by atoms with E-state index in [-0.39, 0.29) is 6.54 Å². The summed E-state index contributed by atoms with van der Waals surface area (Å²) in [6.45, 7) is 4.84. The molecule has 1 rings (SSSR count). The van der Waals surface area contributed by atoms with Gasteiger partial charge in [0.25, 0.3) is 0 Å². The fourth-order valence-electron chi connectivity index (χ4n) is 1.29. The number of hydrogen-bond donors (Lipinski definition) is 2. The van der Waals surface area contributed by atoms with E-state index in [1.54, 1.807) is 0 Å². The maximum atomic E-state index is 10.4. The molecule has 0 aliphatic carbocycles. The van der Waals surface area contributed by atoms with Crippen LogP contribution in [0.5, 0.6) is 0 Å². The maximum absolute atomic E-state index is 10.4. The third-order valence-corrected chi connectivity index (χ3v) is 1.98. The molecule has 2 N–H and O–H groups in total. The molecule has 0 aromatic rings. The van der Waals surface area contributed by atoms with Crippen molar-refractivity contribution in [3.63, 3.8) is 0 Å². The molecule has 64 valence electrons. The molecule has 1 unspecified atom stereocenters. The van der Waals surface area contributed by atoms with Gasteiger partial charge in [-0.25, -0.2) is 0 Å². The molecule has 1 saturated heterocycles. The van der Waals surface area contributed by atoms with Crippen LogP contribution in [-0.4, -0.2) is 48.2 Å². The minimum absolute atomic E-state index is 0.169. The zero-order chi connectivity index (χ0) is 8.27. The van der Waals surface area contributed by atoms with Gasteiger partial charge in [-0.2, -0.15) is 0 Å². The zero-order valence-corrected chi connectivity index (χ0v) is 6.71. The van der Waals surface area contributed by atoms with Gasteiger partial charge in [0.05, 0.1) is 6.54 Å². The summed E-state index contributed by atoms with van der Waals surface area (Å²) in [6, 6.07) is 0.347. The molecule has 4 nitrogen and oxygen atoms in total. The van der Waals surface area contributed by atoms with Crippen LogP contribution in [0, 0.1) is 0 Å². The van der Waals surface area contributed by atoms with Gasteiger partial charge in [-0.15, -0.1) is 0 Å². The number of nitrogens with one attached hydrogen (secondary N) is 1. The van der Waals surface area contributed by atoms with Crippen LogP contribution in [0.25, 0.3) is 0 Å². The number of carboxylic acids is 1. The lowest BCUT2D eigenvalue weighted by molar-refractivity contribution is -0.139. The molecule has 0 amide bonds. The summed E-state index contributed by atoms with van der Waals surface area (Å²) in [5, 5.41) is 11.7. The number of hydrogen-bond acceptors (Lipinski definition) is 3. The fraction of sp³-hybridized carbons (Fsp3) is 0.857. The molecule has 1 atom stereocenters. The topological polar surface area (TPSA) is 52.6 Å². The molecule has 1 aliphatic heterocycles. The van der Waals surface area contributed by atoms with E-state index in [1.165, 1.54) is 0 Å². The predicted molar refractivity (Wildman–Crippen MR) is 41.5 cm³/mol. The Morgan fingerprint density at radius 2 is 2.55 bits per heavy atom. The van der Waals surface area contributed by atoms with E-state index >= 15 is 0 Å². The van der Waals surface area contributed by atoms with E-state index in [1.807, 2.05) is 11.8 Å². The van der Waals surface area contributed by atoms with Gasteiger partial charge in [-0.1, -0.05) is 0 Å². The molecule has 0 spiro atoms. The number of carboxylic acid groups (broad SMARTS) is 1. The van der Waals surface area contributed by atoms with Crippen molar-refractivity contribution in [1.82, 2.24) is 10.2 Å². The Labute approximate surface area is 66.2 Å². The minimum Gasteiger partial charge on any atom is -0.480 e. The first kappa shape index (κ1) is 8.49. The van der Waals surface area contributed by atoms with Crippen LogP contribution in [0.3, 0.4) is 0 Å². The van der Waals surface area contributed by atoms with Gasteiger partial charge < -0.3 is 10.4 Å². The summed E-state index contributed by atoms with van der Waals surface area (Å²) >= 11 is 0. The molecule has 11 heavy (non-hydrogen) atoms. The van der Waals surface area contributed by atoms with E-state index in [9.17, 15) is 4.79 Å². The fourth-order valence-corrected chi connectivity index (χ4v) is 1.29. The second kappa shape index (κ2) is 3.69. The van der Waals surface area contributed by atoms with Crippen molar-refractivity contribution in [3.05, 3.63) is 0 Å². The largest absolute Gasteiger partial charge is 0.480 e. The lowest BCUT2D eigenvalue weighted by atomic mass is 10.2. The Balaban J connectivity index is 2.35. The van der Waals surface area contributed by atoms with Gasteiger partial charge in [0.15, 0.2) is 0 Å². The SMILES string of the molecule is CC1CNCCN1CC(=O)O. The molecule has 0 aromatic heterocycles. The van der Waals surface area contributed by atoms with Crippen LogP contribution in [0.4, 0.5) is 0 Å². The molecule has 0 bridgehead atoms.